The largest absolute Gasteiger partial charge is 0.130 e. The van der Waals surface area contributed by atoms with Crippen LogP contribution in [-0.2, 0) is 0 Å². The van der Waals surface area contributed by atoms with E-state index in [0.717, 1.165) is 12.8 Å². The van der Waals surface area contributed by atoms with E-state index >= 15 is 0 Å². The minimum atomic E-state index is 0.540. The van der Waals surface area contributed by atoms with E-state index in [1.807, 2.05) is 0 Å². The Balaban J connectivity index is 4.29. The normalized spacial score (nSPS) is 13.2. The van der Waals surface area contributed by atoms with Crippen molar-refractivity contribution in [2.45, 2.75) is 111 Å². The lowest BCUT2D eigenvalue weighted by Crippen LogP contribution is -2.11. The lowest BCUT2D eigenvalue weighted by atomic mass is 9.83. The fraction of sp³-hybridized carbons (Fsp3) is 0.679. The second-order valence-electron chi connectivity index (χ2n) is 8.62. The Morgan fingerprint density at radius 1 is 0.893 bits per heavy atom. The van der Waals surface area contributed by atoms with Gasteiger partial charge in [-0.15, -0.1) is 18.9 Å². The zero-order valence-electron chi connectivity index (χ0n) is 19.4. The van der Waals surface area contributed by atoms with E-state index in [2.05, 4.69) is 64.5 Å². The molecule has 28 heavy (non-hydrogen) atoms. The van der Waals surface area contributed by atoms with Crippen molar-refractivity contribution in [1.29, 1.82) is 0 Å². The van der Waals surface area contributed by atoms with Crippen molar-refractivity contribution in [1.82, 2.24) is 0 Å². The van der Waals surface area contributed by atoms with Gasteiger partial charge in [0.05, 0.1) is 0 Å². The van der Waals surface area contributed by atoms with Gasteiger partial charge in [0, 0.05) is 0 Å². The van der Waals surface area contributed by atoms with Crippen LogP contribution in [0.2, 0.25) is 0 Å². The number of hydrogen-bond donors (Lipinski definition) is 0. The molecule has 0 heterocycles. The second kappa shape index (κ2) is 19.1. The molecular formula is C28H48. The molecule has 2 atom stereocenters. The third-order valence-corrected chi connectivity index (χ3v) is 5.69. The van der Waals surface area contributed by atoms with Gasteiger partial charge in [0.15, 0.2) is 0 Å². The molecular weight excluding hydrogens is 336 g/mol. The Labute approximate surface area is 177 Å². The molecule has 0 aliphatic heterocycles. The molecule has 0 N–H and O–H groups in total. The highest BCUT2D eigenvalue weighted by atomic mass is 14.2. The van der Waals surface area contributed by atoms with Gasteiger partial charge in [-0.3, -0.25) is 0 Å². The highest BCUT2D eigenvalue weighted by Gasteiger charge is 2.15. The first-order valence-electron chi connectivity index (χ1n) is 11.8. The smallest absolute Gasteiger partial charge is 0.0136 e. The van der Waals surface area contributed by atoms with Crippen LogP contribution in [0.15, 0.2) is 54.8 Å². The van der Waals surface area contributed by atoms with Crippen LogP contribution >= 0.6 is 0 Å². The average Bonchev–Trinajstić information content (AvgIpc) is 2.68. The summed E-state index contributed by atoms with van der Waals surface area (Å²) in [5.41, 5.74) is 5.56. The molecule has 0 aromatic rings. The predicted octanol–water partition coefficient (Wildman–Crippen LogP) is 9.75. The molecule has 0 radical (unpaired) electrons. The minimum absolute atomic E-state index is 0.540. The zero-order chi connectivity index (χ0) is 21.0. The van der Waals surface area contributed by atoms with Gasteiger partial charge in [-0.05, 0) is 69.8 Å². The van der Waals surface area contributed by atoms with Gasteiger partial charge >= 0.3 is 0 Å². The maximum Gasteiger partial charge on any atom is -0.0136 e. The summed E-state index contributed by atoms with van der Waals surface area (Å²) in [6, 6.07) is 0. The van der Waals surface area contributed by atoms with Crippen LogP contribution < -0.4 is 0 Å². The van der Waals surface area contributed by atoms with Gasteiger partial charge in [0.1, 0.15) is 0 Å². The summed E-state index contributed by atoms with van der Waals surface area (Å²) in [4.78, 5) is 0. The first-order chi connectivity index (χ1) is 13.5. The zero-order valence-corrected chi connectivity index (χ0v) is 19.4. The van der Waals surface area contributed by atoms with Crippen molar-refractivity contribution < 1.29 is 0 Å². The first-order valence-corrected chi connectivity index (χ1v) is 11.8. The molecule has 2 unspecified atom stereocenters. The molecule has 0 aliphatic rings. The summed E-state index contributed by atoms with van der Waals surface area (Å²) in [5.74, 6) is 1.17. The Hall–Kier alpha value is -1.26. The van der Waals surface area contributed by atoms with Crippen LogP contribution in [0, 0.1) is 11.8 Å². The van der Waals surface area contributed by atoms with Crippen LogP contribution in [0.1, 0.15) is 111 Å². The van der Waals surface area contributed by atoms with Crippen molar-refractivity contribution in [2.75, 3.05) is 0 Å². The van der Waals surface area contributed by atoms with Gasteiger partial charge in [-0.25, -0.2) is 0 Å². The summed E-state index contributed by atoms with van der Waals surface area (Å²) in [6.07, 6.45) is 25.3. The third-order valence-electron chi connectivity index (χ3n) is 5.69. The minimum Gasteiger partial charge on any atom is -0.130 e. The number of unbranched alkanes of at least 4 members (excludes halogenated alkanes) is 9. The van der Waals surface area contributed by atoms with Crippen molar-refractivity contribution in [3.8, 4) is 0 Å². The second-order valence-corrected chi connectivity index (χ2v) is 8.62. The molecule has 0 nitrogen and oxygen atoms in total. The molecule has 0 spiro atoms. The lowest BCUT2D eigenvalue weighted by Gasteiger charge is -2.22. The number of rotatable bonds is 19. The Kier molecular flexibility index (Phi) is 18.2. The Morgan fingerprint density at radius 3 is 2.18 bits per heavy atom. The predicted molar refractivity (Wildman–Crippen MR) is 130 cm³/mol. The molecule has 0 heteroatoms. The highest BCUT2D eigenvalue weighted by Crippen LogP contribution is 2.27. The van der Waals surface area contributed by atoms with Crippen LogP contribution in [0.25, 0.3) is 0 Å². The van der Waals surface area contributed by atoms with Crippen LogP contribution in [0.5, 0.6) is 0 Å². The molecule has 0 bridgehead atoms. The average molecular weight is 385 g/mol. The van der Waals surface area contributed by atoms with Gasteiger partial charge in [0.25, 0.3) is 0 Å². The highest BCUT2D eigenvalue weighted by molar-refractivity contribution is 5.03. The molecule has 160 valence electrons. The van der Waals surface area contributed by atoms with E-state index < -0.39 is 0 Å². The van der Waals surface area contributed by atoms with Crippen LogP contribution in [0.4, 0.5) is 0 Å². The van der Waals surface area contributed by atoms with E-state index in [-0.39, 0.29) is 0 Å². The molecule has 0 saturated heterocycles. The van der Waals surface area contributed by atoms with Crippen molar-refractivity contribution >= 4 is 0 Å². The van der Waals surface area contributed by atoms with E-state index in [0.29, 0.717) is 11.8 Å². The van der Waals surface area contributed by atoms with Crippen LogP contribution in [-0.4, -0.2) is 0 Å². The van der Waals surface area contributed by atoms with E-state index in [9.17, 15) is 0 Å². The monoisotopic (exact) mass is 384 g/mol. The standard InChI is InChI=1S/C28H48/c1-7-10-11-12-16-19-22-28(27(9-3)24-25(4)5)23-20-17-14-13-15-18-21-26(6)8-2/h9,20,23,27-28H,2-4,7,10-19,21-22,24H2,1,5-6H3/b23-20+. The van der Waals surface area contributed by atoms with Gasteiger partial charge in [-0.1, -0.05) is 88.7 Å². The lowest BCUT2D eigenvalue weighted by molar-refractivity contribution is 0.418. The molecule has 0 aromatic heterocycles. The molecule has 0 aliphatic carbocycles. The molecule has 0 aromatic carbocycles. The third kappa shape index (κ3) is 15.8. The maximum atomic E-state index is 4.13. The van der Waals surface area contributed by atoms with E-state index in [1.165, 1.54) is 88.2 Å². The molecule has 0 fully saturated rings. The fourth-order valence-corrected chi connectivity index (χ4v) is 3.79. The van der Waals surface area contributed by atoms with Gasteiger partial charge < -0.3 is 0 Å². The number of hydrogen-bond acceptors (Lipinski definition) is 0. The van der Waals surface area contributed by atoms with Crippen LogP contribution in [0.3, 0.4) is 0 Å². The fourth-order valence-electron chi connectivity index (χ4n) is 3.79. The maximum absolute atomic E-state index is 4.13. The summed E-state index contributed by atoms with van der Waals surface area (Å²) < 4.78 is 0. The van der Waals surface area contributed by atoms with Gasteiger partial charge in [0.2, 0.25) is 0 Å². The Bertz CT molecular complexity index is 472. The molecule has 0 amide bonds. The Morgan fingerprint density at radius 2 is 1.54 bits per heavy atom. The molecule has 0 saturated carbocycles. The SMILES string of the molecule is C=C=C(C)CCCCCC/C=C/C(CCCCCCCC)C(C=C)CC(=C)C. The van der Waals surface area contributed by atoms with Crippen molar-refractivity contribution in [3.05, 3.63) is 54.8 Å². The number of allylic oxidation sites excluding steroid dienone is 5. The van der Waals surface area contributed by atoms with Crippen molar-refractivity contribution in [3.63, 3.8) is 0 Å². The molecule has 0 rings (SSSR count). The summed E-state index contributed by atoms with van der Waals surface area (Å²) >= 11 is 0. The van der Waals surface area contributed by atoms with E-state index in [1.54, 1.807) is 0 Å². The summed E-state index contributed by atoms with van der Waals surface area (Å²) in [6.45, 7) is 18.5. The van der Waals surface area contributed by atoms with Gasteiger partial charge in [-0.2, -0.15) is 0 Å². The quantitative estimate of drug-likeness (QED) is 0.118. The summed E-state index contributed by atoms with van der Waals surface area (Å²) in [7, 11) is 0. The topological polar surface area (TPSA) is 0 Å². The first kappa shape index (κ1) is 26.7. The van der Waals surface area contributed by atoms with E-state index in [4.69, 9.17) is 0 Å². The van der Waals surface area contributed by atoms with Crippen molar-refractivity contribution in [2.24, 2.45) is 11.8 Å². The summed E-state index contributed by atoms with van der Waals surface area (Å²) in [5, 5.41) is 0.